The van der Waals surface area contributed by atoms with Crippen LogP contribution < -0.4 is 10.6 Å². The largest absolute Gasteiger partial charge is 0.336 e. The molecule has 0 aromatic heterocycles. The number of rotatable bonds is 4. The molecule has 1 heterocycles. The van der Waals surface area contributed by atoms with Crippen molar-refractivity contribution in [3.8, 4) is 0 Å². The van der Waals surface area contributed by atoms with Gasteiger partial charge in [0.1, 0.15) is 0 Å². The van der Waals surface area contributed by atoms with Gasteiger partial charge in [0.2, 0.25) is 0 Å². The Kier molecular flexibility index (Phi) is 5.60. The van der Waals surface area contributed by atoms with E-state index in [1.165, 1.54) is 12.8 Å². The highest BCUT2D eigenvalue weighted by molar-refractivity contribution is 5.74. The normalized spacial score (nSPS) is 20.9. The number of hydrogen-bond donors (Lipinski definition) is 2. The maximum absolute atomic E-state index is 11.6. The maximum atomic E-state index is 11.6. The third kappa shape index (κ3) is 4.84. The molecule has 1 atom stereocenters. The van der Waals surface area contributed by atoms with Crippen LogP contribution in [0.25, 0.3) is 0 Å². The SMILES string of the molecule is CC(C)NC(=O)N(C)CCC1CCCNC1. The van der Waals surface area contributed by atoms with Gasteiger partial charge in [-0.3, -0.25) is 0 Å². The number of piperidine rings is 1. The van der Waals surface area contributed by atoms with Gasteiger partial charge in [0.15, 0.2) is 0 Å². The minimum Gasteiger partial charge on any atom is -0.336 e. The molecule has 94 valence electrons. The van der Waals surface area contributed by atoms with Crippen molar-refractivity contribution < 1.29 is 4.79 Å². The van der Waals surface area contributed by atoms with Crippen LogP contribution in [-0.2, 0) is 0 Å². The van der Waals surface area contributed by atoms with Crippen molar-refractivity contribution >= 4 is 6.03 Å². The molecule has 0 saturated carbocycles. The van der Waals surface area contributed by atoms with E-state index in [9.17, 15) is 4.79 Å². The first-order valence-electron chi connectivity index (χ1n) is 6.32. The molecule has 16 heavy (non-hydrogen) atoms. The molecule has 2 amide bonds. The van der Waals surface area contributed by atoms with Crippen LogP contribution in [-0.4, -0.2) is 43.7 Å². The molecule has 4 heteroatoms. The van der Waals surface area contributed by atoms with E-state index in [1.54, 1.807) is 4.90 Å². The highest BCUT2D eigenvalue weighted by Gasteiger charge is 2.15. The maximum Gasteiger partial charge on any atom is 0.317 e. The first-order valence-corrected chi connectivity index (χ1v) is 6.32. The minimum absolute atomic E-state index is 0.0405. The van der Waals surface area contributed by atoms with Crippen molar-refractivity contribution in [3.63, 3.8) is 0 Å². The lowest BCUT2D eigenvalue weighted by Crippen LogP contribution is -2.42. The summed E-state index contributed by atoms with van der Waals surface area (Å²) in [6.07, 6.45) is 3.67. The zero-order chi connectivity index (χ0) is 12.0. The van der Waals surface area contributed by atoms with Crippen molar-refractivity contribution in [1.29, 1.82) is 0 Å². The van der Waals surface area contributed by atoms with E-state index in [2.05, 4.69) is 10.6 Å². The second-order valence-corrected chi connectivity index (χ2v) is 5.03. The van der Waals surface area contributed by atoms with Crippen LogP contribution in [0.15, 0.2) is 0 Å². The summed E-state index contributed by atoms with van der Waals surface area (Å²) < 4.78 is 0. The average Bonchev–Trinajstić information content (AvgIpc) is 2.26. The second kappa shape index (κ2) is 6.74. The van der Waals surface area contributed by atoms with Crippen molar-refractivity contribution in [2.75, 3.05) is 26.7 Å². The summed E-state index contributed by atoms with van der Waals surface area (Å²) in [5, 5.41) is 6.30. The molecule has 0 aliphatic carbocycles. The summed E-state index contributed by atoms with van der Waals surface area (Å²) in [5.41, 5.74) is 0. The predicted molar refractivity (Wildman–Crippen MR) is 66.5 cm³/mol. The van der Waals surface area contributed by atoms with Crippen molar-refractivity contribution in [2.45, 2.75) is 39.2 Å². The Morgan fingerprint density at radius 2 is 2.31 bits per heavy atom. The Morgan fingerprint density at radius 3 is 2.88 bits per heavy atom. The Bertz CT molecular complexity index is 212. The number of nitrogens with zero attached hydrogens (tertiary/aromatic N) is 1. The molecule has 1 rings (SSSR count). The molecule has 1 aliphatic heterocycles. The Labute approximate surface area is 98.8 Å². The Balaban J connectivity index is 2.17. The average molecular weight is 227 g/mol. The number of nitrogens with one attached hydrogen (secondary N) is 2. The van der Waals surface area contributed by atoms with Gasteiger partial charge >= 0.3 is 6.03 Å². The second-order valence-electron chi connectivity index (χ2n) is 5.03. The van der Waals surface area contributed by atoms with Crippen molar-refractivity contribution in [3.05, 3.63) is 0 Å². The molecule has 1 fully saturated rings. The molecular weight excluding hydrogens is 202 g/mol. The monoisotopic (exact) mass is 227 g/mol. The van der Waals surface area contributed by atoms with Gasteiger partial charge in [-0.2, -0.15) is 0 Å². The smallest absolute Gasteiger partial charge is 0.317 e. The summed E-state index contributed by atoms with van der Waals surface area (Å²) in [5.74, 6) is 0.739. The number of hydrogen-bond acceptors (Lipinski definition) is 2. The fraction of sp³-hybridized carbons (Fsp3) is 0.917. The predicted octanol–water partition coefficient (Wildman–Crippen LogP) is 1.43. The highest BCUT2D eigenvalue weighted by atomic mass is 16.2. The fourth-order valence-electron chi connectivity index (χ4n) is 2.01. The fourth-order valence-corrected chi connectivity index (χ4v) is 2.01. The number of carbonyl (C=O) groups excluding carboxylic acids is 1. The molecule has 1 saturated heterocycles. The van der Waals surface area contributed by atoms with Gasteiger partial charge in [-0.05, 0) is 52.1 Å². The number of carbonyl (C=O) groups is 1. The van der Waals surface area contributed by atoms with Crippen LogP contribution in [0, 0.1) is 5.92 Å². The molecular formula is C12H25N3O. The molecule has 1 unspecified atom stereocenters. The van der Waals surface area contributed by atoms with E-state index >= 15 is 0 Å². The van der Waals surface area contributed by atoms with E-state index in [-0.39, 0.29) is 12.1 Å². The molecule has 2 N–H and O–H groups in total. The third-order valence-electron chi connectivity index (χ3n) is 3.03. The Morgan fingerprint density at radius 1 is 1.56 bits per heavy atom. The summed E-state index contributed by atoms with van der Waals surface area (Å²) in [6, 6.07) is 0.255. The molecule has 0 bridgehead atoms. The van der Waals surface area contributed by atoms with E-state index < -0.39 is 0 Å². The molecule has 0 aromatic rings. The summed E-state index contributed by atoms with van der Waals surface area (Å²) in [6.45, 7) is 7.08. The zero-order valence-electron chi connectivity index (χ0n) is 10.8. The molecule has 0 radical (unpaired) electrons. The topological polar surface area (TPSA) is 44.4 Å². The molecule has 4 nitrogen and oxygen atoms in total. The van der Waals surface area contributed by atoms with Crippen LogP contribution in [0.4, 0.5) is 4.79 Å². The minimum atomic E-state index is 0.0405. The van der Waals surface area contributed by atoms with Gasteiger partial charge in [0, 0.05) is 19.6 Å². The van der Waals surface area contributed by atoms with Crippen LogP contribution in [0.3, 0.4) is 0 Å². The van der Waals surface area contributed by atoms with Gasteiger partial charge < -0.3 is 15.5 Å². The van der Waals surface area contributed by atoms with Gasteiger partial charge in [-0.25, -0.2) is 4.79 Å². The van der Waals surface area contributed by atoms with Crippen LogP contribution in [0.1, 0.15) is 33.1 Å². The highest BCUT2D eigenvalue weighted by Crippen LogP contribution is 2.14. The van der Waals surface area contributed by atoms with Crippen LogP contribution in [0.5, 0.6) is 0 Å². The van der Waals surface area contributed by atoms with Crippen molar-refractivity contribution in [1.82, 2.24) is 15.5 Å². The first-order chi connectivity index (χ1) is 7.59. The summed E-state index contributed by atoms with van der Waals surface area (Å²) in [4.78, 5) is 13.4. The standard InChI is InChI=1S/C12H25N3O/c1-10(2)14-12(16)15(3)8-6-11-5-4-7-13-9-11/h10-11,13H,4-9H2,1-3H3,(H,14,16). The lowest BCUT2D eigenvalue weighted by molar-refractivity contribution is 0.200. The van der Waals surface area contributed by atoms with Gasteiger partial charge in [0.05, 0.1) is 0 Å². The molecule has 0 spiro atoms. The van der Waals surface area contributed by atoms with E-state index in [1.807, 2.05) is 20.9 Å². The van der Waals surface area contributed by atoms with Gasteiger partial charge in [-0.15, -0.1) is 0 Å². The van der Waals surface area contributed by atoms with Gasteiger partial charge in [0.25, 0.3) is 0 Å². The van der Waals surface area contributed by atoms with Crippen LogP contribution in [0.2, 0.25) is 0 Å². The first kappa shape index (κ1) is 13.3. The number of amides is 2. The van der Waals surface area contributed by atoms with Crippen LogP contribution >= 0.6 is 0 Å². The zero-order valence-corrected chi connectivity index (χ0v) is 10.8. The van der Waals surface area contributed by atoms with Crippen molar-refractivity contribution in [2.24, 2.45) is 5.92 Å². The van der Waals surface area contributed by atoms with E-state index in [4.69, 9.17) is 0 Å². The Hall–Kier alpha value is -0.770. The third-order valence-corrected chi connectivity index (χ3v) is 3.03. The quantitative estimate of drug-likeness (QED) is 0.763. The lowest BCUT2D eigenvalue weighted by Gasteiger charge is -2.26. The van der Waals surface area contributed by atoms with E-state index in [0.717, 1.165) is 32.0 Å². The lowest BCUT2D eigenvalue weighted by atomic mass is 9.96. The molecule has 0 aromatic carbocycles. The van der Waals surface area contributed by atoms with Gasteiger partial charge in [-0.1, -0.05) is 0 Å². The molecule has 1 aliphatic rings. The summed E-state index contributed by atoms with van der Waals surface area (Å²) in [7, 11) is 1.87. The number of urea groups is 1. The van der Waals surface area contributed by atoms with E-state index in [0.29, 0.717) is 0 Å². The summed E-state index contributed by atoms with van der Waals surface area (Å²) >= 11 is 0.